The van der Waals surface area contributed by atoms with Crippen LogP contribution in [-0.4, -0.2) is 15.9 Å². The van der Waals surface area contributed by atoms with E-state index in [9.17, 15) is 8.76 Å². The van der Waals surface area contributed by atoms with Gasteiger partial charge in [0.25, 0.3) is 0 Å². The van der Waals surface area contributed by atoms with Gasteiger partial charge in [0.1, 0.15) is 5.75 Å². The molecule has 1 aromatic carbocycles. The zero-order valence-corrected chi connectivity index (χ0v) is 10.7. The Bertz CT molecular complexity index is 314. The maximum Gasteiger partial charge on any atom is 1.00 e. The van der Waals surface area contributed by atoms with E-state index in [4.69, 9.17) is 4.74 Å². The Balaban J connectivity index is 0.00000144. The summed E-state index contributed by atoms with van der Waals surface area (Å²) < 4.78 is 26.2. The normalized spacial score (nSPS) is 11.6. The summed E-state index contributed by atoms with van der Waals surface area (Å²) in [5.74, 6) is 0.383. The second kappa shape index (κ2) is 5.78. The summed E-state index contributed by atoms with van der Waals surface area (Å²) in [6.45, 7) is 1.83. The molecule has 1 rings (SSSR count). The summed E-state index contributed by atoms with van der Waals surface area (Å²) in [5.41, 5.74) is 0.898. The monoisotopic (exact) mass is 208 g/mol. The van der Waals surface area contributed by atoms with Crippen LogP contribution in [0.25, 0.3) is 0 Å². The van der Waals surface area contributed by atoms with Crippen LogP contribution in [0.15, 0.2) is 23.1 Å². The third-order valence-corrected chi connectivity index (χ3v) is 2.18. The molecule has 0 aromatic heterocycles. The summed E-state index contributed by atoms with van der Waals surface area (Å²) in [6, 6.07) is 5.01. The fourth-order valence-electron chi connectivity index (χ4n) is 0.914. The third-order valence-electron chi connectivity index (χ3n) is 1.50. The van der Waals surface area contributed by atoms with Crippen LogP contribution in [-0.2, 0) is 11.1 Å². The Morgan fingerprint density at radius 3 is 2.54 bits per heavy atom. The first-order valence-electron chi connectivity index (χ1n) is 3.39. The molecule has 5 heteroatoms. The van der Waals surface area contributed by atoms with Crippen LogP contribution < -0.4 is 34.3 Å². The molecule has 3 nitrogen and oxygen atoms in total. The van der Waals surface area contributed by atoms with Crippen LogP contribution in [0.1, 0.15) is 5.56 Å². The Morgan fingerprint density at radius 1 is 1.46 bits per heavy atom. The van der Waals surface area contributed by atoms with Crippen molar-refractivity contribution in [1.29, 1.82) is 0 Å². The molecule has 0 spiro atoms. The van der Waals surface area contributed by atoms with E-state index in [1.165, 1.54) is 7.11 Å². The summed E-state index contributed by atoms with van der Waals surface area (Å²) in [6.07, 6.45) is 0. The molecule has 0 fully saturated rings. The van der Waals surface area contributed by atoms with Gasteiger partial charge in [0.05, 0.1) is 12.0 Å². The molecule has 0 aliphatic heterocycles. The molecule has 0 saturated heterocycles. The number of benzene rings is 1. The molecule has 0 bridgehead atoms. The minimum atomic E-state index is -2.23. The maximum atomic E-state index is 10.7. The van der Waals surface area contributed by atoms with Gasteiger partial charge in [-0.3, -0.25) is 4.21 Å². The first-order valence-corrected chi connectivity index (χ1v) is 4.46. The molecule has 0 heterocycles. The number of rotatable bonds is 2. The average Bonchev–Trinajstić information content (AvgIpc) is 2.04. The molecule has 1 unspecified atom stereocenters. The number of hydrogen-bond acceptors (Lipinski definition) is 3. The predicted molar refractivity (Wildman–Crippen MR) is 44.9 cm³/mol. The molecule has 0 aliphatic rings. The maximum absolute atomic E-state index is 10.7. The molecule has 0 aliphatic carbocycles. The van der Waals surface area contributed by atoms with Gasteiger partial charge in [0.15, 0.2) is 0 Å². The minimum absolute atomic E-state index is 0. The third kappa shape index (κ3) is 3.40. The van der Waals surface area contributed by atoms with E-state index in [1.807, 2.05) is 6.92 Å². The van der Waals surface area contributed by atoms with Crippen LogP contribution in [0.3, 0.4) is 0 Å². The van der Waals surface area contributed by atoms with Crippen molar-refractivity contribution in [2.75, 3.05) is 7.11 Å². The molecule has 1 aromatic rings. The largest absolute Gasteiger partial charge is 1.00 e. The van der Waals surface area contributed by atoms with Gasteiger partial charge in [0.2, 0.25) is 0 Å². The van der Waals surface area contributed by atoms with E-state index in [1.54, 1.807) is 18.2 Å². The molecule has 0 N–H and O–H groups in total. The fraction of sp³-hybridized carbons (Fsp3) is 0.250. The van der Waals surface area contributed by atoms with Crippen LogP contribution in [0, 0.1) is 6.92 Å². The summed E-state index contributed by atoms with van der Waals surface area (Å²) in [7, 11) is 1.45. The van der Waals surface area contributed by atoms with Gasteiger partial charge in [-0.25, -0.2) is 0 Å². The number of ether oxygens (including phenoxy) is 1. The van der Waals surface area contributed by atoms with Gasteiger partial charge in [0, 0.05) is 0 Å². The number of methoxy groups -OCH3 is 1. The average molecular weight is 208 g/mol. The van der Waals surface area contributed by atoms with Gasteiger partial charge in [-0.1, -0.05) is 6.07 Å². The van der Waals surface area contributed by atoms with E-state index >= 15 is 0 Å². The van der Waals surface area contributed by atoms with Crippen LogP contribution in [0.2, 0.25) is 0 Å². The molecular formula is C8H9NaO3S. The second-order valence-corrected chi connectivity index (χ2v) is 3.30. The fourth-order valence-corrected chi connectivity index (χ4v) is 1.51. The summed E-state index contributed by atoms with van der Waals surface area (Å²) in [4.78, 5) is 0.206. The van der Waals surface area contributed by atoms with E-state index in [0.717, 1.165) is 5.56 Å². The first kappa shape index (κ1) is 13.1. The van der Waals surface area contributed by atoms with Gasteiger partial charge >= 0.3 is 29.6 Å². The Labute approximate surface area is 102 Å². The minimum Gasteiger partial charge on any atom is -0.768 e. The van der Waals surface area contributed by atoms with Crippen molar-refractivity contribution in [1.82, 2.24) is 0 Å². The van der Waals surface area contributed by atoms with Gasteiger partial charge in [-0.15, -0.1) is 0 Å². The van der Waals surface area contributed by atoms with Crippen molar-refractivity contribution < 1.29 is 43.1 Å². The van der Waals surface area contributed by atoms with Crippen molar-refractivity contribution in [3.05, 3.63) is 23.8 Å². The molecule has 0 amide bonds. The topological polar surface area (TPSA) is 49.4 Å². The van der Waals surface area contributed by atoms with Crippen LogP contribution in [0.5, 0.6) is 5.75 Å². The molecule has 0 saturated carbocycles. The van der Waals surface area contributed by atoms with E-state index < -0.39 is 11.1 Å². The summed E-state index contributed by atoms with van der Waals surface area (Å²) in [5, 5.41) is 0. The molecule has 1 atom stereocenters. The van der Waals surface area contributed by atoms with Gasteiger partial charge < -0.3 is 9.29 Å². The molecule has 66 valence electrons. The van der Waals surface area contributed by atoms with Crippen molar-refractivity contribution in [2.24, 2.45) is 0 Å². The molecule has 13 heavy (non-hydrogen) atoms. The zero-order valence-electron chi connectivity index (χ0n) is 7.87. The summed E-state index contributed by atoms with van der Waals surface area (Å²) >= 11 is -2.23. The Hall–Kier alpha value is 0.130. The van der Waals surface area contributed by atoms with Crippen molar-refractivity contribution in [3.8, 4) is 5.75 Å². The Kier molecular flexibility index (Phi) is 5.83. The second-order valence-electron chi connectivity index (χ2n) is 2.39. The SMILES string of the molecule is COc1ccc(C)cc1S(=O)[O-].[Na+]. The van der Waals surface area contributed by atoms with E-state index in [0.29, 0.717) is 5.75 Å². The number of aryl methyl sites for hydroxylation is 1. The first-order chi connectivity index (χ1) is 5.65. The molecular weight excluding hydrogens is 199 g/mol. The van der Waals surface area contributed by atoms with Crippen molar-refractivity contribution >= 4 is 11.1 Å². The van der Waals surface area contributed by atoms with Crippen LogP contribution >= 0.6 is 0 Å². The van der Waals surface area contributed by atoms with Crippen molar-refractivity contribution in [2.45, 2.75) is 11.8 Å². The van der Waals surface area contributed by atoms with E-state index in [-0.39, 0.29) is 34.5 Å². The molecule has 0 radical (unpaired) electrons. The zero-order chi connectivity index (χ0) is 9.14. The van der Waals surface area contributed by atoms with Crippen molar-refractivity contribution in [3.63, 3.8) is 0 Å². The number of hydrogen-bond donors (Lipinski definition) is 0. The predicted octanol–water partition coefficient (Wildman–Crippen LogP) is -1.75. The Morgan fingerprint density at radius 2 is 2.08 bits per heavy atom. The standard InChI is InChI=1S/C8H10O3S.Na/c1-6-3-4-7(11-2)8(5-6)12(9)10;/h3-5H,1-2H3,(H,9,10);/q;+1/p-1. The van der Waals surface area contributed by atoms with E-state index in [2.05, 4.69) is 0 Å². The smallest absolute Gasteiger partial charge is 0.768 e. The quantitative estimate of drug-likeness (QED) is 0.427. The van der Waals surface area contributed by atoms with Gasteiger partial charge in [-0.05, 0) is 35.7 Å². The van der Waals surface area contributed by atoms with Gasteiger partial charge in [-0.2, -0.15) is 0 Å². The van der Waals surface area contributed by atoms with Crippen LogP contribution in [0.4, 0.5) is 0 Å².